The number of nitro groups is 1. The van der Waals surface area contributed by atoms with Crippen LogP contribution in [0.2, 0.25) is 0 Å². The average molecular weight is 512 g/mol. The molecule has 0 saturated heterocycles. The fourth-order valence-electron chi connectivity index (χ4n) is 4.99. The summed E-state index contributed by atoms with van der Waals surface area (Å²) >= 11 is 3.01. The summed E-state index contributed by atoms with van der Waals surface area (Å²) in [4.78, 5) is 31.4. The lowest BCUT2D eigenvalue weighted by atomic mass is 9.83. The van der Waals surface area contributed by atoms with Gasteiger partial charge in [-0.05, 0) is 59.6 Å². The SMILES string of the molecule is CSc1ccc(C2C3=C(N=c4sc(=Cc5cccc([N+](=O)[O-])c5)c(=O)n42)c2ccccc2CC3)cc1. The van der Waals surface area contributed by atoms with E-state index in [0.29, 0.717) is 14.9 Å². The van der Waals surface area contributed by atoms with E-state index in [2.05, 4.69) is 42.5 Å². The molecule has 1 aliphatic heterocycles. The molecule has 1 atom stereocenters. The van der Waals surface area contributed by atoms with Gasteiger partial charge in [-0.2, -0.15) is 0 Å². The van der Waals surface area contributed by atoms with Crippen LogP contribution in [0.4, 0.5) is 5.69 Å². The van der Waals surface area contributed by atoms with Crippen LogP contribution in [0.1, 0.15) is 34.7 Å². The van der Waals surface area contributed by atoms with Crippen LogP contribution in [-0.2, 0) is 6.42 Å². The van der Waals surface area contributed by atoms with E-state index >= 15 is 0 Å². The van der Waals surface area contributed by atoms with Crippen LogP contribution in [0.3, 0.4) is 0 Å². The summed E-state index contributed by atoms with van der Waals surface area (Å²) in [5, 5.41) is 11.2. The highest BCUT2D eigenvalue weighted by molar-refractivity contribution is 7.98. The Morgan fingerprint density at radius 2 is 1.89 bits per heavy atom. The van der Waals surface area contributed by atoms with Crippen LogP contribution in [0.25, 0.3) is 11.8 Å². The normalized spacial score (nSPS) is 16.7. The van der Waals surface area contributed by atoms with E-state index in [1.165, 1.54) is 33.9 Å². The molecule has 2 aliphatic rings. The first kappa shape index (κ1) is 22.7. The molecule has 36 heavy (non-hydrogen) atoms. The van der Waals surface area contributed by atoms with Gasteiger partial charge in [-0.1, -0.05) is 59.9 Å². The fraction of sp³-hybridized carbons (Fsp3) is 0.143. The van der Waals surface area contributed by atoms with Crippen LogP contribution >= 0.6 is 23.1 Å². The summed E-state index contributed by atoms with van der Waals surface area (Å²) in [7, 11) is 0. The second kappa shape index (κ2) is 9.04. The molecule has 0 spiro atoms. The van der Waals surface area contributed by atoms with Crippen LogP contribution in [-0.4, -0.2) is 15.7 Å². The van der Waals surface area contributed by atoms with Crippen molar-refractivity contribution in [2.75, 3.05) is 6.26 Å². The number of nitro benzene ring substituents is 1. The van der Waals surface area contributed by atoms with Gasteiger partial charge >= 0.3 is 0 Å². The lowest BCUT2D eigenvalue weighted by molar-refractivity contribution is -0.384. The number of non-ortho nitro benzene ring substituents is 1. The van der Waals surface area contributed by atoms with Crippen molar-refractivity contribution in [2.45, 2.75) is 23.8 Å². The number of thiazole rings is 1. The van der Waals surface area contributed by atoms with Gasteiger partial charge in [0.25, 0.3) is 11.2 Å². The minimum absolute atomic E-state index is 0.00430. The van der Waals surface area contributed by atoms with Crippen molar-refractivity contribution in [2.24, 2.45) is 4.99 Å². The second-order valence-electron chi connectivity index (χ2n) is 8.74. The van der Waals surface area contributed by atoms with Crippen molar-refractivity contribution < 1.29 is 4.92 Å². The zero-order valence-electron chi connectivity index (χ0n) is 19.4. The topological polar surface area (TPSA) is 77.5 Å². The number of benzene rings is 3. The average Bonchev–Trinajstić information content (AvgIpc) is 3.22. The minimum atomic E-state index is -0.428. The summed E-state index contributed by atoms with van der Waals surface area (Å²) in [6.07, 6.45) is 5.51. The lowest BCUT2D eigenvalue weighted by Gasteiger charge is -2.30. The molecule has 8 heteroatoms. The van der Waals surface area contributed by atoms with Crippen LogP contribution in [0, 0.1) is 10.1 Å². The maximum atomic E-state index is 13.8. The Bertz CT molecular complexity index is 1730. The molecule has 0 amide bonds. The number of aromatic nitrogens is 1. The first-order valence-electron chi connectivity index (χ1n) is 11.5. The molecule has 0 bridgehead atoms. The van der Waals surface area contributed by atoms with Gasteiger partial charge in [0.1, 0.15) is 0 Å². The molecule has 6 rings (SSSR count). The minimum Gasteiger partial charge on any atom is -0.272 e. The Morgan fingerprint density at radius 3 is 2.67 bits per heavy atom. The standard InChI is InChI=1S/C28H21N3O3S2/c1-35-21-12-9-19(10-13-21)26-23-14-11-18-6-2-3-8-22(18)25(23)29-28-30(26)27(32)24(36-28)16-17-5-4-7-20(15-17)31(33)34/h2-10,12-13,15-16,26H,11,14H2,1H3. The van der Waals surface area contributed by atoms with Crippen LogP contribution in [0.15, 0.2) is 93.1 Å². The zero-order valence-corrected chi connectivity index (χ0v) is 21.0. The van der Waals surface area contributed by atoms with Crippen molar-refractivity contribution in [3.63, 3.8) is 0 Å². The molecule has 6 nitrogen and oxygen atoms in total. The largest absolute Gasteiger partial charge is 0.272 e. The number of hydrogen-bond donors (Lipinski definition) is 0. The van der Waals surface area contributed by atoms with Crippen molar-refractivity contribution >= 4 is 40.6 Å². The van der Waals surface area contributed by atoms with E-state index in [1.807, 2.05) is 12.3 Å². The third-order valence-corrected chi connectivity index (χ3v) is 8.41. The number of aryl methyl sites for hydroxylation is 1. The molecule has 1 aliphatic carbocycles. The summed E-state index contributed by atoms with van der Waals surface area (Å²) in [6.45, 7) is 0. The molecule has 4 aromatic rings. The Kier molecular flexibility index (Phi) is 5.70. The molecule has 3 aromatic carbocycles. The van der Waals surface area contributed by atoms with E-state index in [9.17, 15) is 14.9 Å². The highest BCUT2D eigenvalue weighted by atomic mass is 32.2. The molecule has 1 unspecified atom stereocenters. The molecular formula is C28H21N3O3S2. The number of hydrogen-bond acceptors (Lipinski definition) is 6. The number of nitrogens with zero attached hydrogens (tertiary/aromatic N) is 3. The molecule has 0 fully saturated rings. The second-order valence-corrected chi connectivity index (χ2v) is 10.6. The highest BCUT2D eigenvalue weighted by Gasteiger charge is 2.32. The first-order chi connectivity index (χ1) is 17.5. The van der Waals surface area contributed by atoms with Crippen molar-refractivity contribution in [1.29, 1.82) is 0 Å². The maximum absolute atomic E-state index is 13.8. The van der Waals surface area contributed by atoms with Crippen LogP contribution in [0.5, 0.6) is 0 Å². The van der Waals surface area contributed by atoms with Gasteiger partial charge in [0, 0.05) is 22.6 Å². The number of rotatable bonds is 4. The van der Waals surface area contributed by atoms with Crippen LogP contribution < -0.4 is 14.9 Å². The third kappa shape index (κ3) is 3.83. The molecule has 0 saturated carbocycles. The van der Waals surface area contributed by atoms with E-state index in [-0.39, 0.29) is 17.3 Å². The quantitative estimate of drug-likeness (QED) is 0.221. The Morgan fingerprint density at radius 1 is 1.08 bits per heavy atom. The molecule has 1 aromatic heterocycles. The van der Waals surface area contributed by atoms with Gasteiger partial charge in [0.15, 0.2) is 4.80 Å². The molecule has 2 heterocycles. The van der Waals surface area contributed by atoms with Gasteiger partial charge < -0.3 is 0 Å². The summed E-state index contributed by atoms with van der Waals surface area (Å²) in [6, 6.07) is 22.8. The lowest BCUT2D eigenvalue weighted by Crippen LogP contribution is -2.38. The van der Waals surface area contributed by atoms with E-state index in [0.717, 1.165) is 35.2 Å². The summed E-state index contributed by atoms with van der Waals surface area (Å²) in [5.74, 6) is 0. The molecule has 0 radical (unpaired) electrons. The van der Waals surface area contributed by atoms with Crippen molar-refractivity contribution in [3.05, 3.63) is 130 Å². The van der Waals surface area contributed by atoms with Gasteiger partial charge in [0.05, 0.1) is 21.2 Å². The number of fused-ring (bicyclic) bond motifs is 3. The van der Waals surface area contributed by atoms with Crippen molar-refractivity contribution in [3.8, 4) is 0 Å². The Hall–Kier alpha value is -3.75. The molecule has 0 N–H and O–H groups in total. The smallest absolute Gasteiger partial charge is 0.271 e. The molecular weight excluding hydrogens is 490 g/mol. The van der Waals surface area contributed by atoms with Gasteiger partial charge in [-0.3, -0.25) is 19.5 Å². The van der Waals surface area contributed by atoms with E-state index in [1.54, 1.807) is 34.5 Å². The zero-order chi connectivity index (χ0) is 24.8. The predicted molar refractivity (Wildman–Crippen MR) is 144 cm³/mol. The Labute approximate surface area is 215 Å². The number of thioether (sulfide) groups is 1. The fourth-order valence-corrected chi connectivity index (χ4v) is 6.40. The predicted octanol–water partition coefficient (Wildman–Crippen LogP) is 4.95. The van der Waals surface area contributed by atoms with Gasteiger partial charge in [-0.25, -0.2) is 4.99 Å². The summed E-state index contributed by atoms with van der Waals surface area (Å²) in [5.41, 5.74) is 6.04. The Balaban J connectivity index is 1.59. The highest BCUT2D eigenvalue weighted by Crippen LogP contribution is 2.41. The number of allylic oxidation sites excluding steroid dienone is 1. The monoisotopic (exact) mass is 511 g/mol. The van der Waals surface area contributed by atoms with Gasteiger partial charge in [-0.15, -0.1) is 11.8 Å². The van der Waals surface area contributed by atoms with E-state index in [4.69, 9.17) is 4.99 Å². The van der Waals surface area contributed by atoms with E-state index < -0.39 is 4.92 Å². The first-order valence-corrected chi connectivity index (χ1v) is 13.6. The van der Waals surface area contributed by atoms with Gasteiger partial charge in [0.2, 0.25) is 0 Å². The van der Waals surface area contributed by atoms with Crippen molar-refractivity contribution in [1.82, 2.24) is 4.57 Å². The molecule has 178 valence electrons. The maximum Gasteiger partial charge on any atom is 0.271 e. The third-order valence-electron chi connectivity index (χ3n) is 6.68. The summed E-state index contributed by atoms with van der Waals surface area (Å²) < 4.78 is 2.31.